The summed E-state index contributed by atoms with van der Waals surface area (Å²) in [4.78, 5) is 24.3. The number of fused-ring (bicyclic) bond motifs is 1. The molecule has 1 fully saturated rings. The molecule has 0 aromatic heterocycles. The molecule has 1 unspecified atom stereocenters. The Hall–Kier alpha value is -0.620. The highest BCUT2D eigenvalue weighted by molar-refractivity contribution is 8.22. The van der Waals surface area contributed by atoms with E-state index in [1.807, 2.05) is 13.8 Å². The van der Waals surface area contributed by atoms with Crippen LogP contribution in [-0.4, -0.2) is 33.0 Å². The van der Waals surface area contributed by atoms with Gasteiger partial charge < -0.3 is 5.11 Å². The highest BCUT2D eigenvalue weighted by atomic mass is 32.2. The minimum absolute atomic E-state index is 0.00527. The first-order valence-corrected chi connectivity index (χ1v) is 7.08. The molecule has 1 amide bonds. The summed E-state index contributed by atoms with van der Waals surface area (Å²) < 4.78 is 0.782. The smallest absolute Gasteiger partial charge is 0.354 e. The topological polar surface area (TPSA) is 57.6 Å². The predicted molar refractivity (Wildman–Crippen MR) is 64.8 cm³/mol. The molecule has 0 aliphatic carbocycles. The molecule has 0 radical (unpaired) electrons. The van der Waals surface area contributed by atoms with Gasteiger partial charge in [0.05, 0.1) is 15.5 Å². The quantitative estimate of drug-likeness (QED) is 0.782. The average Bonchev–Trinajstić information content (AvgIpc) is 2.55. The molecule has 0 aromatic rings. The third-order valence-corrected chi connectivity index (χ3v) is 5.31. The Balaban J connectivity index is 2.26. The van der Waals surface area contributed by atoms with Crippen LogP contribution in [0.5, 0.6) is 0 Å². The zero-order valence-electron chi connectivity index (χ0n) is 9.10. The van der Waals surface area contributed by atoms with Crippen LogP contribution in [0.2, 0.25) is 0 Å². The standard InChI is InChI=1S/C10H13NO3S2/c1-3-5-7(12)11-6(9(13)14)10(15-4-2)16-8(5)11/h5,8H,3-4H2,1-2H3,(H,13,14)/t5?,8-/m1/s1. The Bertz CT molecular complexity index is 380. The first-order valence-electron chi connectivity index (χ1n) is 5.21. The predicted octanol–water partition coefficient (Wildman–Crippen LogP) is 1.93. The minimum Gasteiger partial charge on any atom is -0.477 e. The highest BCUT2D eigenvalue weighted by Gasteiger charge is 2.55. The lowest BCUT2D eigenvalue weighted by Crippen LogP contribution is -2.56. The van der Waals surface area contributed by atoms with Crippen LogP contribution in [0.1, 0.15) is 20.3 Å². The van der Waals surface area contributed by atoms with Crippen LogP contribution in [0.4, 0.5) is 0 Å². The third-order valence-electron chi connectivity index (χ3n) is 2.73. The van der Waals surface area contributed by atoms with E-state index in [-0.39, 0.29) is 22.9 Å². The van der Waals surface area contributed by atoms with Crippen molar-refractivity contribution in [2.75, 3.05) is 5.75 Å². The van der Waals surface area contributed by atoms with Gasteiger partial charge in [0.2, 0.25) is 5.91 Å². The molecule has 0 spiro atoms. The van der Waals surface area contributed by atoms with Crippen molar-refractivity contribution < 1.29 is 14.7 Å². The summed E-state index contributed by atoms with van der Waals surface area (Å²) >= 11 is 3.03. The van der Waals surface area contributed by atoms with E-state index in [1.54, 1.807) is 0 Å². The van der Waals surface area contributed by atoms with Gasteiger partial charge in [-0.1, -0.05) is 25.6 Å². The molecule has 2 rings (SSSR count). The van der Waals surface area contributed by atoms with E-state index in [1.165, 1.54) is 28.4 Å². The summed E-state index contributed by atoms with van der Waals surface area (Å²) in [5.41, 5.74) is 0.191. The summed E-state index contributed by atoms with van der Waals surface area (Å²) in [5, 5.41) is 9.16. The van der Waals surface area contributed by atoms with Gasteiger partial charge in [-0.2, -0.15) is 0 Å². The second-order valence-corrected chi connectivity index (χ2v) is 6.27. The lowest BCUT2D eigenvalue weighted by Gasteiger charge is -2.41. The molecule has 2 aliphatic heterocycles. The molecule has 2 atom stereocenters. The number of amides is 1. The Morgan fingerprint density at radius 1 is 1.56 bits per heavy atom. The zero-order valence-corrected chi connectivity index (χ0v) is 10.7. The van der Waals surface area contributed by atoms with Gasteiger partial charge in [0.25, 0.3) is 0 Å². The summed E-state index contributed by atoms with van der Waals surface area (Å²) in [7, 11) is 0. The first kappa shape index (κ1) is 11.9. The number of carboxylic acids is 1. The summed E-state index contributed by atoms with van der Waals surface area (Å²) in [6, 6.07) is 0. The van der Waals surface area contributed by atoms with Gasteiger partial charge in [-0.15, -0.1) is 11.8 Å². The van der Waals surface area contributed by atoms with E-state index in [2.05, 4.69) is 0 Å². The van der Waals surface area contributed by atoms with Gasteiger partial charge in [0, 0.05) is 0 Å². The van der Waals surface area contributed by atoms with E-state index in [0.29, 0.717) is 0 Å². The van der Waals surface area contributed by atoms with Gasteiger partial charge in [-0.25, -0.2) is 4.79 Å². The van der Waals surface area contributed by atoms with E-state index < -0.39 is 5.97 Å². The number of carboxylic acid groups (broad SMARTS) is 1. The van der Waals surface area contributed by atoms with E-state index in [9.17, 15) is 9.59 Å². The number of hydrogen-bond donors (Lipinski definition) is 1. The molecule has 4 nitrogen and oxygen atoms in total. The molecule has 0 saturated carbocycles. The van der Waals surface area contributed by atoms with Crippen LogP contribution >= 0.6 is 23.5 Å². The number of β-lactam (4-membered cyclic amide) rings is 1. The van der Waals surface area contributed by atoms with Crippen molar-refractivity contribution in [3.63, 3.8) is 0 Å². The van der Waals surface area contributed by atoms with Gasteiger partial charge in [-0.05, 0) is 12.2 Å². The van der Waals surface area contributed by atoms with Crippen LogP contribution < -0.4 is 0 Å². The number of thioether (sulfide) groups is 2. The van der Waals surface area contributed by atoms with Gasteiger partial charge in [0.15, 0.2) is 5.70 Å². The van der Waals surface area contributed by atoms with Crippen molar-refractivity contribution in [1.29, 1.82) is 0 Å². The summed E-state index contributed by atoms with van der Waals surface area (Å²) in [6.45, 7) is 3.94. The van der Waals surface area contributed by atoms with Crippen molar-refractivity contribution in [3.8, 4) is 0 Å². The largest absolute Gasteiger partial charge is 0.477 e. The first-order chi connectivity index (χ1) is 7.61. The van der Waals surface area contributed by atoms with Crippen molar-refractivity contribution >= 4 is 35.4 Å². The van der Waals surface area contributed by atoms with Crippen LogP contribution in [0.25, 0.3) is 0 Å². The summed E-state index contributed by atoms with van der Waals surface area (Å²) in [6.07, 6.45) is 0.782. The minimum atomic E-state index is -0.992. The Labute approximate surface area is 102 Å². The van der Waals surface area contributed by atoms with Gasteiger partial charge in [-0.3, -0.25) is 9.69 Å². The average molecular weight is 259 g/mol. The van der Waals surface area contributed by atoms with Gasteiger partial charge in [0.1, 0.15) is 0 Å². The van der Waals surface area contributed by atoms with E-state index >= 15 is 0 Å². The monoisotopic (exact) mass is 259 g/mol. The lowest BCUT2D eigenvalue weighted by molar-refractivity contribution is -0.151. The normalized spacial score (nSPS) is 28.1. The molecule has 0 aromatic carbocycles. The Kier molecular flexibility index (Phi) is 3.21. The maximum atomic E-state index is 11.7. The molecule has 1 N–H and O–H groups in total. The third kappa shape index (κ3) is 1.55. The fourth-order valence-corrected chi connectivity index (χ4v) is 4.77. The molecule has 6 heteroatoms. The highest BCUT2D eigenvalue weighted by Crippen LogP contribution is 2.53. The van der Waals surface area contributed by atoms with Crippen molar-refractivity contribution in [3.05, 3.63) is 9.93 Å². The molecule has 2 heterocycles. The van der Waals surface area contributed by atoms with Crippen LogP contribution in [0.15, 0.2) is 9.93 Å². The molecule has 16 heavy (non-hydrogen) atoms. The van der Waals surface area contributed by atoms with Crippen LogP contribution in [0, 0.1) is 5.92 Å². The van der Waals surface area contributed by atoms with Crippen molar-refractivity contribution in [2.24, 2.45) is 5.92 Å². The molecule has 1 saturated heterocycles. The van der Waals surface area contributed by atoms with E-state index in [0.717, 1.165) is 16.4 Å². The second-order valence-electron chi connectivity index (χ2n) is 3.61. The Morgan fingerprint density at radius 2 is 2.25 bits per heavy atom. The maximum Gasteiger partial charge on any atom is 0.354 e. The number of hydrogen-bond acceptors (Lipinski definition) is 4. The van der Waals surface area contributed by atoms with Crippen molar-refractivity contribution in [1.82, 2.24) is 4.90 Å². The molecular weight excluding hydrogens is 246 g/mol. The Morgan fingerprint density at radius 3 is 2.75 bits per heavy atom. The van der Waals surface area contributed by atoms with Gasteiger partial charge >= 0.3 is 5.97 Å². The lowest BCUT2D eigenvalue weighted by atomic mass is 9.95. The molecule has 88 valence electrons. The molecular formula is C10H13NO3S2. The number of rotatable bonds is 4. The number of nitrogens with zero attached hydrogens (tertiary/aromatic N) is 1. The zero-order chi connectivity index (χ0) is 11.9. The number of carbonyl (C=O) groups excluding carboxylic acids is 1. The number of aliphatic carboxylic acids is 1. The number of carbonyl (C=O) groups is 2. The maximum absolute atomic E-state index is 11.7. The fraction of sp³-hybridized carbons (Fsp3) is 0.600. The molecule has 0 bridgehead atoms. The fourth-order valence-electron chi connectivity index (χ4n) is 1.96. The summed E-state index contributed by atoms with van der Waals surface area (Å²) in [5.74, 6) is -0.211. The molecule has 2 aliphatic rings. The van der Waals surface area contributed by atoms with Crippen LogP contribution in [0.3, 0.4) is 0 Å². The van der Waals surface area contributed by atoms with Crippen LogP contribution in [-0.2, 0) is 9.59 Å². The van der Waals surface area contributed by atoms with E-state index in [4.69, 9.17) is 5.11 Å². The second kappa shape index (κ2) is 4.33. The SMILES string of the molecule is CCSC1=C(C(=O)O)N2C(=O)C(CC)[C@H]2S1. The van der Waals surface area contributed by atoms with Crippen molar-refractivity contribution in [2.45, 2.75) is 25.6 Å².